The standard InChI is InChI=1S/C17H18ClF3N2O3/c1-10-6-11(18)8-12(7-10)26-9-15(24)23-16(25,17(19,20)21)13-4-2-3-5-14(13)22-23/h6-8,13,25H,2-5,9H2,1H3/t13-,16+/m1/s1. The molecule has 2 atom stereocenters. The van der Waals surface area contributed by atoms with Crippen molar-refractivity contribution in [3.8, 4) is 5.75 Å². The van der Waals surface area contributed by atoms with E-state index in [4.69, 9.17) is 16.3 Å². The van der Waals surface area contributed by atoms with Gasteiger partial charge >= 0.3 is 6.18 Å². The molecule has 0 bridgehead atoms. The van der Waals surface area contributed by atoms with Crippen molar-refractivity contribution in [2.45, 2.75) is 44.5 Å². The minimum atomic E-state index is -5.03. The number of amides is 1. The second-order valence-electron chi connectivity index (χ2n) is 6.57. The molecule has 0 spiro atoms. The fourth-order valence-corrected chi connectivity index (χ4v) is 3.74. The number of hydrogen-bond acceptors (Lipinski definition) is 4. The Bertz CT molecular complexity index is 733. The van der Waals surface area contributed by atoms with Crippen LogP contribution in [0.5, 0.6) is 5.75 Å². The van der Waals surface area contributed by atoms with E-state index in [0.717, 1.165) is 5.56 Å². The lowest BCUT2D eigenvalue weighted by Gasteiger charge is -2.38. The van der Waals surface area contributed by atoms with Crippen LogP contribution in [0.4, 0.5) is 13.2 Å². The number of fused-ring (bicyclic) bond motifs is 1. The highest BCUT2D eigenvalue weighted by molar-refractivity contribution is 6.30. The van der Waals surface area contributed by atoms with Crippen LogP contribution >= 0.6 is 11.6 Å². The third-order valence-corrected chi connectivity index (χ3v) is 4.86. The summed E-state index contributed by atoms with van der Waals surface area (Å²) in [7, 11) is 0. The minimum Gasteiger partial charge on any atom is -0.484 e. The summed E-state index contributed by atoms with van der Waals surface area (Å²) in [4.78, 5) is 12.4. The van der Waals surface area contributed by atoms with Crippen LogP contribution in [0.2, 0.25) is 5.02 Å². The number of benzene rings is 1. The van der Waals surface area contributed by atoms with Crippen LogP contribution in [0.1, 0.15) is 31.2 Å². The van der Waals surface area contributed by atoms with Gasteiger partial charge in [-0.15, -0.1) is 0 Å². The van der Waals surface area contributed by atoms with Crippen LogP contribution in [0.3, 0.4) is 0 Å². The van der Waals surface area contributed by atoms with Crippen molar-refractivity contribution in [2.75, 3.05) is 6.61 Å². The van der Waals surface area contributed by atoms with E-state index < -0.39 is 30.3 Å². The number of aryl methyl sites for hydroxylation is 1. The number of carbonyl (C=O) groups excluding carboxylic acids is 1. The summed E-state index contributed by atoms with van der Waals surface area (Å²) in [5, 5.41) is 14.8. The smallest absolute Gasteiger partial charge is 0.439 e. The zero-order valence-corrected chi connectivity index (χ0v) is 14.8. The Labute approximate surface area is 153 Å². The molecule has 0 unspecified atom stereocenters. The number of hydrazone groups is 1. The van der Waals surface area contributed by atoms with E-state index in [-0.39, 0.29) is 22.9 Å². The first-order chi connectivity index (χ1) is 12.1. The first kappa shape index (κ1) is 19.0. The highest BCUT2D eigenvalue weighted by Gasteiger charge is 2.68. The normalized spacial score (nSPS) is 25.7. The molecule has 5 nitrogen and oxygen atoms in total. The quantitative estimate of drug-likeness (QED) is 0.856. The van der Waals surface area contributed by atoms with Crippen LogP contribution < -0.4 is 4.74 Å². The van der Waals surface area contributed by atoms with E-state index in [2.05, 4.69) is 5.10 Å². The molecule has 142 valence electrons. The topological polar surface area (TPSA) is 62.1 Å². The van der Waals surface area contributed by atoms with Gasteiger partial charge < -0.3 is 9.84 Å². The average molecular weight is 391 g/mol. The molecule has 0 saturated heterocycles. The zero-order valence-electron chi connectivity index (χ0n) is 14.0. The maximum Gasteiger partial charge on any atom is 0.439 e. The summed E-state index contributed by atoms with van der Waals surface area (Å²) in [6.45, 7) is 1.07. The number of rotatable bonds is 3. The van der Waals surface area contributed by atoms with Gasteiger partial charge in [0, 0.05) is 10.7 Å². The molecule has 1 aromatic carbocycles. The predicted molar refractivity (Wildman–Crippen MR) is 88.9 cm³/mol. The van der Waals surface area contributed by atoms with Gasteiger partial charge in [0.2, 0.25) is 0 Å². The number of ether oxygens (including phenoxy) is 1. The molecule has 1 aliphatic carbocycles. The van der Waals surface area contributed by atoms with E-state index in [1.807, 2.05) is 0 Å². The van der Waals surface area contributed by atoms with Crippen molar-refractivity contribution in [1.29, 1.82) is 0 Å². The predicted octanol–water partition coefficient (Wildman–Crippen LogP) is 3.67. The number of nitrogens with zero attached hydrogens (tertiary/aromatic N) is 2. The first-order valence-corrected chi connectivity index (χ1v) is 8.60. The van der Waals surface area contributed by atoms with E-state index >= 15 is 0 Å². The zero-order chi connectivity index (χ0) is 19.1. The Balaban J connectivity index is 1.81. The van der Waals surface area contributed by atoms with Gasteiger partial charge in [-0.05, 0) is 49.9 Å². The molecule has 0 aromatic heterocycles. The molecule has 1 fully saturated rings. The molecule has 2 aliphatic rings. The highest BCUT2D eigenvalue weighted by atomic mass is 35.5. The second kappa shape index (κ2) is 6.74. The fraction of sp³-hybridized carbons (Fsp3) is 0.529. The average Bonchev–Trinajstić information content (AvgIpc) is 2.86. The number of carbonyl (C=O) groups is 1. The number of halogens is 4. The molecule has 1 saturated carbocycles. The molecule has 26 heavy (non-hydrogen) atoms. The van der Waals surface area contributed by atoms with Crippen molar-refractivity contribution < 1.29 is 27.8 Å². The third kappa shape index (κ3) is 3.27. The first-order valence-electron chi connectivity index (χ1n) is 8.22. The van der Waals surface area contributed by atoms with Crippen molar-refractivity contribution in [3.63, 3.8) is 0 Å². The fourth-order valence-electron chi connectivity index (χ4n) is 3.46. The Kier molecular flexibility index (Phi) is 4.92. The lowest BCUT2D eigenvalue weighted by Crippen LogP contribution is -2.62. The number of hydrogen-bond donors (Lipinski definition) is 1. The van der Waals surface area contributed by atoms with Gasteiger partial charge in [-0.1, -0.05) is 18.0 Å². The Hall–Kier alpha value is -1.80. The molecular formula is C17H18ClF3N2O3. The summed E-state index contributed by atoms with van der Waals surface area (Å²) in [6.07, 6.45) is -3.33. The van der Waals surface area contributed by atoms with Crippen LogP contribution in [-0.2, 0) is 4.79 Å². The van der Waals surface area contributed by atoms with E-state index in [1.54, 1.807) is 19.1 Å². The lowest BCUT2D eigenvalue weighted by atomic mass is 9.80. The number of aliphatic hydroxyl groups is 1. The molecule has 9 heteroatoms. The molecule has 3 rings (SSSR count). The maximum atomic E-state index is 13.6. The van der Waals surface area contributed by atoms with Gasteiger partial charge in [0.1, 0.15) is 5.75 Å². The Morgan fingerprint density at radius 3 is 2.81 bits per heavy atom. The van der Waals surface area contributed by atoms with Crippen molar-refractivity contribution >= 4 is 23.2 Å². The molecule has 1 amide bonds. The van der Waals surface area contributed by atoms with Gasteiger partial charge in [-0.25, -0.2) is 0 Å². The van der Waals surface area contributed by atoms with Gasteiger partial charge in [-0.2, -0.15) is 23.3 Å². The van der Waals surface area contributed by atoms with Crippen molar-refractivity contribution in [2.24, 2.45) is 11.0 Å². The monoisotopic (exact) mass is 390 g/mol. The van der Waals surface area contributed by atoms with Crippen LogP contribution in [0.15, 0.2) is 23.3 Å². The number of alkyl halides is 3. The minimum absolute atomic E-state index is 0.132. The molecule has 1 aromatic rings. The van der Waals surface area contributed by atoms with E-state index in [0.29, 0.717) is 24.3 Å². The summed E-state index contributed by atoms with van der Waals surface area (Å²) < 4.78 is 46.1. The molecule has 1 N–H and O–H groups in total. The highest BCUT2D eigenvalue weighted by Crippen LogP contribution is 2.48. The van der Waals surface area contributed by atoms with Crippen LogP contribution in [-0.4, -0.2) is 40.2 Å². The molecular weight excluding hydrogens is 373 g/mol. The van der Waals surface area contributed by atoms with Gasteiger partial charge in [0.15, 0.2) is 6.61 Å². The Morgan fingerprint density at radius 1 is 1.42 bits per heavy atom. The third-order valence-electron chi connectivity index (χ3n) is 4.65. The van der Waals surface area contributed by atoms with Gasteiger partial charge in [-0.3, -0.25) is 4.79 Å². The summed E-state index contributed by atoms with van der Waals surface area (Å²) in [5.41, 5.74) is -2.34. The van der Waals surface area contributed by atoms with Crippen LogP contribution in [0, 0.1) is 12.8 Å². The Morgan fingerprint density at radius 2 is 2.15 bits per heavy atom. The van der Waals surface area contributed by atoms with E-state index in [9.17, 15) is 23.1 Å². The van der Waals surface area contributed by atoms with Gasteiger partial charge in [0.05, 0.1) is 5.92 Å². The SMILES string of the molecule is Cc1cc(Cl)cc(OCC(=O)N2N=C3CCCC[C@H]3[C@]2(O)C(F)(F)F)c1. The van der Waals surface area contributed by atoms with Crippen molar-refractivity contribution in [3.05, 3.63) is 28.8 Å². The molecule has 1 aliphatic heterocycles. The summed E-state index contributed by atoms with van der Waals surface area (Å²) >= 11 is 5.89. The lowest BCUT2D eigenvalue weighted by molar-refractivity contribution is -0.317. The van der Waals surface area contributed by atoms with Crippen LogP contribution in [0.25, 0.3) is 0 Å². The largest absolute Gasteiger partial charge is 0.484 e. The molecule has 1 heterocycles. The molecule has 0 radical (unpaired) electrons. The van der Waals surface area contributed by atoms with Crippen molar-refractivity contribution in [1.82, 2.24) is 5.01 Å². The summed E-state index contributed by atoms with van der Waals surface area (Å²) in [6, 6.07) is 4.73. The maximum absolute atomic E-state index is 13.6. The summed E-state index contributed by atoms with van der Waals surface area (Å²) in [5.74, 6) is -2.04. The van der Waals surface area contributed by atoms with Gasteiger partial charge in [0.25, 0.3) is 11.6 Å². The van der Waals surface area contributed by atoms with E-state index in [1.165, 1.54) is 6.07 Å². The second-order valence-corrected chi connectivity index (χ2v) is 7.01.